The van der Waals surface area contributed by atoms with Crippen molar-refractivity contribution >= 4 is 11.8 Å². The lowest BCUT2D eigenvalue weighted by atomic mass is 9.96. The van der Waals surface area contributed by atoms with E-state index in [0.717, 1.165) is 0 Å². The molecular formula is C18H18O4. The number of ether oxygens (including phenoxy) is 2. The van der Waals surface area contributed by atoms with E-state index in [1.807, 2.05) is 30.3 Å². The van der Waals surface area contributed by atoms with Crippen molar-refractivity contribution in [1.82, 2.24) is 0 Å². The van der Waals surface area contributed by atoms with Crippen molar-refractivity contribution in [3.05, 3.63) is 60.2 Å². The van der Waals surface area contributed by atoms with Crippen molar-refractivity contribution in [2.45, 2.75) is 19.8 Å². The van der Waals surface area contributed by atoms with Gasteiger partial charge in [0.2, 0.25) is 5.78 Å². The highest BCUT2D eigenvalue weighted by Gasteiger charge is 2.24. The lowest BCUT2D eigenvalue weighted by Crippen LogP contribution is -2.22. The lowest BCUT2D eigenvalue weighted by Gasteiger charge is -2.12. The summed E-state index contributed by atoms with van der Waals surface area (Å²) in [6, 6.07) is 16.5. The number of ketones is 1. The van der Waals surface area contributed by atoms with Gasteiger partial charge in [-0.1, -0.05) is 37.3 Å². The largest absolute Gasteiger partial charge is 0.460 e. The minimum absolute atomic E-state index is 0.189. The van der Waals surface area contributed by atoms with Gasteiger partial charge in [0.15, 0.2) is 0 Å². The number of Topliss-reactive ketones (excluding diaryl/α,β-unsaturated/α-hetero) is 1. The Morgan fingerprint density at radius 1 is 1.00 bits per heavy atom. The number of hydrogen-bond donors (Lipinski definition) is 0. The van der Waals surface area contributed by atoms with E-state index in [9.17, 15) is 9.59 Å². The summed E-state index contributed by atoms with van der Waals surface area (Å²) < 4.78 is 10.5. The van der Waals surface area contributed by atoms with Gasteiger partial charge in [-0.2, -0.15) is 0 Å². The van der Waals surface area contributed by atoms with Crippen molar-refractivity contribution in [2.75, 3.05) is 6.61 Å². The van der Waals surface area contributed by atoms with Crippen LogP contribution in [-0.4, -0.2) is 18.4 Å². The molecule has 2 rings (SSSR count). The van der Waals surface area contributed by atoms with E-state index in [1.165, 1.54) is 0 Å². The van der Waals surface area contributed by atoms with Crippen LogP contribution in [0.5, 0.6) is 11.5 Å². The number of esters is 1. The van der Waals surface area contributed by atoms with Crippen LogP contribution in [0.25, 0.3) is 0 Å². The fourth-order valence-corrected chi connectivity index (χ4v) is 2.00. The summed E-state index contributed by atoms with van der Waals surface area (Å²) in [7, 11) is 0. The van der Waals surface area contributed by atoms with E-state index in [2.05, 4.69) is 0 Å². The summed E-state index contributed by atoms with van der Waals surface area (Å²) in [5.41, 5.74) is 0.714. The van der Waals surface area contributed by atoms with Gasteiger partial charge >= 0.3 is 5.97 Å². The second-order valence-electron chi connectivity index (χ2n) is 4.79. The molecule has 1 unspecified atom stereocenters. The van der Waals surface area contributed by atoms with Crippen LogP contribution in [0.15, 0.2) is 54.6 Å². The van der Waals surface area contributed by atoms with Crippen LogP contribution in [0.1, 0.15) is 25.3 Å². The lowest BCUT2D eigenvalue weighted by molar-refractivity contribution is -0.154. The summed E-state index contributed by atoms with van der Waals surface area (Å²) in [5.74, 6) is -0.599. The van der Waals surface area contributed by atoms with E-state index in [0.29, 0.717) is 17.1 Å². The van der Waals surface area contributed by atoms with Crippen LogP contribution in [0.2, 0.25) is 0 Å². The van der Waals surface area contributed by atoms with Crippen molar-refractivity contribution in [2.24, 2.45) is 0 Å². The Morgan fingerprint density at radius 3 is 2.36 bits per heavy atom. The molecule has 4 heteroatoms. The van der Waals surface area contributed by atoms with Crippen molar-refractivity contribution in [3.63, 3.8) is 0 Å². The van der Waals surface area contributed by atoms with Gasteiger partial charge in [-0.3, -0.25) is 4.79 Å². The highest BCUT2D eigenvalue weighted by Crippen LogP contribution is 2.25. The van der Waals surface area contributed by atoms with Crippen molar-refractivity contribution in [1.29, 1.82) is 0 Å². The monoisotopic (exact) mass is 298 g/mol. The molecule has 0 aliphatic rings. The first-order valence-electron chi connectivity index (χ1n) is 7.15. The number of carbonyl (C=O) groups is 2. The minimum atomic E-state index is -0.801. The van der Waals surface area contributed by atoms with Crippen molar-refractivity contribution < 1.29 is 19.1 Å². The topological polar surface area (TPSA) is 52.6 Å². The van der Waals surface area contributed by atoms with E-state index >= 15 is 0 Å². The average Bonchev–Trinajstić information content (AvgIpc) is 2.55. The molecule has 0 N–H and O–H groups in total. The smallest absolute Gasteiger partial charge is 0.375 e. The first kappa shape index (κ1) is 15.8. The van der Waals surface area contributed by atoms with Crippen LogP contribution in [0.3, 0.4) is 0 Å². The van der Waals surface area contributed by atoms with Gasteiger partial charge in [-0.05, 0) is 36.8 Å². The Bertz CT molecular complexity index is 649. The van der Waals surface area contributed by atoms with E-state index < -0.39 is 17.7 Å². The van der Waals surface area contributed by atoms with Gasteiger partial charge in [0.25, 0.3) is 0 Å². The molecule has 0 spiro atoms. The normalized spacial score (nSPS) is 11.5. The van der Waals surface area contributed by atoms with Gasteiger partial charge in [-0.25, -0.2) is 4.79 Å². The molecule has 0 amide bonds. The van der Waals surface area contributed by atoms with Crippen LogP contribution in [0.4, 0.5) is 0 Å². The number of rotatable bonds is 6. The van der Waals surface area contributed by atoms with Gasteiger partial charge in [-0.15, -0.1) is 0 Å². The van der Waals surface area contributed by atoms with Crippen LogP contribution in [0, 0.1) is 0 Å². The molecule has 4 nitrogen and oxygen atoms in total. The number of hydrogen-bond acceptors (Lipinski definition) is 4. The highest BCUT2D eigenvalue weighted by molar-refractivity contribution is 6.35. The third kappa shape index (κ3) is 3.95. The average molecular weight is 298 g/mol. The van der Waals surface area contributed by atoms with Crippen LogP contribution in [-0.2, 0) is 14.3 Å². The van der Waals surface area contributed by atoms with Crippen LogP contribution < -0.4 is 4.74 Å². The molecule has 0 heterocycles. The van der Waals surface area contributed by atoms with Gasteiger partial charge in [0.05, 0.1) is 12.5 Å². The van der Waals surface area contributed by atoms with E-state index in [-0.39, 0.29) is 6.61 Å². The Kier molecular flexibility index (Phi) is 5.31. The molecule has 114 valence electrons. The van der Waals surface area contributed by atoms with Crippen LogP contribution >= 0.6 is 0 Å². The SMILES string of the molecule is CCOC(=O)C(=O)C(C)c1cccc(Oc2ccccc2)c1. The Morgan fingerprint density at radius 2 is 1.68 bits per heavy atom. The van der Waals surface area contributed by atoms with E-state index in [4.69, 9.17) is 9.47 Å². The fourth-order valence-electron chi connectivity index (χ4n) is 2.00. The first-order valence-corrected chi connectivity index (χ1v) is 7.15. The maximum absolute atomic E-state index is 12.0. The molecule has 0 aromatic heterocycles. The first-order chi connectivity index (χ1) is 10.6. The maximum atomic E-state index is 12.0. The molecule has 0 bridgehead atoms. The molecule has 1 atom stereocenters. The zero-order valence-electron chi connectivity index (χ0n) is 12.6. The zero-order valence-corrected chi connectivity index (χ0v) is 12.6. The van der Waals surface area contributed by atoms with Gasteiger partial charge in [0, 0.05) is 0 Å². The second-order valence-corrected chi connectivity index (χ2v) is 4.79. The highest BCUT2D eigenvalue weighted by atomic mass is 16.5. The molecule has 22 heavy (non-hydrogen) atoms. The minimum Gasteiger partial charge on any atom is -0.460 e. The van der Waals surface area contributed by atoms with E-state index in [1.54, 1.807) is 38.1 Å². The molecular weight excluding hydrogens is 280 g/mol. The molecule has 2 aromatic carbocycles. The standard InChI is InChI=1S/C18H18O4/c1-3-21-18(20)17(19)13(2)14-8-7-11-16(12-14)22-15-9-5-4-6-10-15/h4-13H,3H2,1-2H3. The summed E-state index contributed by atoms with van der Waals surface area (Å²) in [5, 5.41) is 0. The Labute approximate surface area is 129 Å². The van der Waals surface area contributed by atoms with Gasteiger partial charge < -0.3 is 9.47 Å². The molecule has 0 saturated carbocycles. The molecule has 2 aromatic rings. The third-order valence-corrected chi connectivity index (χ3v) is 3.21. The van der Waals surface area contributed by atoms with Crippen molar-refractivity contribution in [3.8, 4) is 11.5 Å². The summed E-state index contributed by atoms with van der Waals surface area (Å²) in [6.45, 7) is 3.54. The summed E-state index contributed by atoms with van der Waals surface area (Å²) in [6.07, 6.45) is 0. The van der Waals surface area contributed by atoms with Gasteiger partial charge in [0.1, 0.15) is 11.5 Å². The fraction of sp³-hybridized carbons (Fsp3) is 0.222. The third-order valence-electron chi connectivity index (χ3n) is 3.21. The predicted octanol–water partition coefficient (Wildman–Crippen LogP) is 3.71. The second kappa shape index (κ2) is 7.41. The quantitative estimate of drug-likeness (QED) is 0.602. The Hall–Kier alpha value is -2.62. The number of benzene rings is 2. The number of para-hydroxylation sites is 1. The molecule has 0 fully saturated rings. The molecule has 0 radical (unpaired) electrons. The summed E-state index contributed by atoms with van der Waals surface area (Å²) >= 11 is 0. The Balaban J connectivity index is 2.14. The molecule has 0 saturated heterocycles. The maximum Gasteiger partial charge on any atom is 0.375 e. The molecule has 0 aliphatic carbocycles. The zero-order chi connectivity index (χ0) is 15.9. The number of carbonyl (C=O) groups excluding carboxylic acids is 2. The predicted molar refractivity (Wildman–Crippen MR) is 83.0 cm³/mol. The summed E-state index contributed by atoms with van der Waals surface area (Å²) in [4.78, 5) is 23.5. The molecule has 0 aliphatic heterocycles.